The summed E-state index contributed by atoms with van der Waals surface area (Å²) in [6, 6.07) is 5.48. The lowest BCUT2D eigenvalue weighted by Crippen LogP contribution is -2.05. The van der Waals surface area contributed by atoms with E-state index in [2.05, 4.69) is 11.6 Å². The van der Waals surface area contributed by atoms with Gasteiger partial charge in [-0.2, -0.15) is 13.2 Å². The molecule has 1 aromatic rings. The average molecular weight is 265 g/mol. The van der Waals surface area contributed by atoms with Crippen molar-refractivity contribution in [1.82, 2.24) is 0 Å². The van der Waals surface area contributed by atoms with Crippen LogP contribution < -0.4 is 0 Å². The number of aliphatic imine (C=N–C) groups is 1. The van der Waals surface area contributed by atoms with Crippen LogP contribution in [0.15, 0.2) is 53.6 Å². The third-order valence-electron chi connectivity index (χ3n) is 3.01. The molecule has 0 fully saturated rings. The maximum absolute atomic E-state index is 12.6. The molecule has 1 nitrogen and oxygen atoms in total. The molecule has 2 rings (SSSR count). The Morgan fingerprint density at radius 1 is 1.26 bits per heavy atom. The summed E-state index contributed by atoms with van der Waals surface area (Å²) >= 11 is 0. The van der Waals surface area contributed by atoms with E-state index in [1.165, 1.54) is 12.1 Å². The molecule has 1 heterocycles. The van der Waals surface area contributed by atoms with E-state index in [0.717, 1.165) is 23.8 Å². The van der Waals surface area contributed by atoms with Gasteiger partial charge in [0.25, 0.3) is 0 Å². The van der Waals surface area contributed by atoms with Gasteiger partial charge in [-0.15, -0.1) is 0 Å². The molecular formula is C15H14F3N. The second-order valence-electron chi connectivity index (χ2n) is 4.45. The maximum Gasteiger partial charge on any atom is 0.416 e. The van der Waals surface area contributed by atoms with Gasteiger partial charge in [0.05, 0.1) is 17.8 Å². The van der Waals surface area contributed by atoms with E-state index in [4.69, 9.17) is 0 Å². The summed E-state index contributed by atoms with van der Waals surface area (Å²) in [6.07, 6.45) is 0.664. The largest absolute Gasteiger partial charge is 0.416 e. The first-order chi connectivity index (χ1) is 8.99. The minimum absolute atomic E-state index is 0.589. The lowest BCUT2D eigenvalue weighted by molar-refractivity contribution is -0.137. The van der Waals surface area contributed by atoms with Crippen molar-refractivity contribution in [1.29, 1.82) is 0 Å². The number of hydrogen-bond donors (Lipinski definition) is 0. The van der Waals surface area contributed by atoms with Crippen LogP contribution in [0.4, 0.5) is 13.2 Å². The zero-order chi connectivity index (χ0) is 13.9. The van der Waals surface area contributed by atoms with Crippen molar-refractivity contribution in [3.63, 3.8) is 0 Å². The van der Waals surface area contributed by atoms with E-state index in [0.29, 0.717) is 18.5 Å². The van der Waals surface area contributed by atoms with Crippen LogP contribution >= 0.6 is 0 Å². The third kappa shape index (κ3) is 3.56. The number of nitrogens with zero attached hydrogens (tertiary/aromatic N) is 1. The summed E-state index contributed by atoms with van der Waals surface area (Å²) in [4.78, 5) is 4.23. The van der Waals surface area contributed by atoms with Crippen molar-refractivity contribution in [3.8, 4) is 0 Å². The van der Waals surface area contributed by atoms with Crippen LogP contribution in [0, 0.1) is 0 Å². The highest BCUT2D eigenvalue weighted by Gasteiger charge is 2.30. The topological polar surface area (TPSA) is 12.4 Å². The first-order valence-corrected chi connectivity index (χ1v) is 6.01. The maximum atomic E-state index is 12.6. The molecule has 0 spiro atoms. The molecule has 100 valence electrons. The van der Waals surface area contributed by atoms with Crippen LogP contribution in [-0.4, -0.2) is 12.3 Å². The highest BCUT2D eigenvalue weighted by molar-refractivity contribution is 6.05. The standard InChI is InChI=1S/C15H14F3N/c1-2-14-9-12(10-19-14)7-6-11-4-3-5-13(8-11)15(16,17)18/h2-5,8-9H,1,6-7,10H2. The molecule has 0 N–H and O–H groups in total. The molecule has 0 amide bonds. The van der Waals surface area contributed by atoms with E-state index in [1.807, 2.05) is 6.08 Å². The van der Waals surface area contributed by atoms with Crippen molar-refractivity contribution >= 4 is 5.71 Å². The van der Waals surface area contributed by atoms with Gasteiger partial charge in [-0.25, -0.2) is 0 Å². The minimum Gasteiger partial charge on any atom is -0.281 e. The van der Waals surface area contributed by atoms with Crippen molar-refractivity contribution in [2.45, 2.75) is 19.0 Å². The van der Waals surface area contributed by atoms with Gasteiger partial charge >= 0.3 is 6.18 Å². The molecule has 1 aliphatic rings. The average Bonchev–Trinajstić information content (AvgIpc) is 2.84. The molecule has 0 saturated heterocycles. The normalized spacial score (nSPS) is 15.1. The molecule has 0 bridgehead atoms. The summed E-state index contributed by atoms with van der Waals surface area (Å²) in [5.41, 5.74) is 2.09. The Kier molecular flexibility index (Phi) is 3.88. The summed E-state index contributed by atoms with van der Waals surface area (Å²) in [7, 11) is 0. The van der Waals surface area contributed by atoms with E-state index < -0.39 is 11.7 Å². The van der Waals surface area contributed by atoms with Crippen molar-refractivity contribution < 1.29 is 13.2 Å². The Morgan fingerprint density at radius 3 is 2.68 bits per heavy atom. The van der Waals surface area contributed by atoms with Gasteiger partial charge in [0.1, 0.15) is 0 Å². The number of halogens is 3. The van der Waals surface area contributed by atoms with Gasteiger partial charge in [0.15, 0.2) is 0 Å². The van der Waals surface area contributed by atoms with E-state index in [9.17, 15) is 13.2 Å². The zero-order valence-corrected chi connectivity index (χ0v) is 10.4. The fraction of sp³-hybridized carbons (Fsp3) is 0.267. The number of alkyl halides is 3. The second-order valence-corrected chi connectivity index (χ2v) is 4.45. The fourth-order valence-corrected chi connectivity index (χ4v) is 1.98. The molecule has 1 aromatic carbocycles. The highest BCUT2D eigenvalue weighted by Crippen LogP contribution is 2.30. The van der Waals surface area contributed by atoms with E-state index in [1.54, 1.807) is 12.1 Å². The minimum atomic E-state index is -4.28. The Hall–Kier alpha value is -1.84. The third-order valence-corrected chi connectivity index (χ3v) is 3.01. The number of aryl methyl sites for hydroxylation is 1. The molecule has 0 atom stereocenters. The smallest absolute Gasteiger partial charge is 0.281 e. The molecule has 0 radical (unpaired) electrons. The van der Waals surface area contributed by atoms with Crippen molar-refractivity contribution in [3.05, 3.63) is 59.7 Å². The molecule has 1 aliphatic heterocycles. The molecule has 0 unspecified atom stereocenters. The van der Waals surface area contributed by atoms with Crippen molar-refractivity contribution in [2.75, 3.05) is 6.54 Å². The van der Waals surface area contributed by atoms with Crippen LogP contribution in [0.3, 0.4) is 0 Å². The molecule has 0 saturated carbocycles. The van der Waals surface area contributed by atoms with Gasteiger partial charge in [-0.1, -0.05) is 24.8 Å². The molecule has 4 heteroatoms. The highest BCUT2D eigenvalue weighted by atomic mass is 19.4. The lowest BCUT2D eigenvalue weighted by atomic mass is 10.0. The Labute approximate surface area is 110 Å². The van der Waals surface area contributed by atoms with E-state index in [-0.39, 0.29) is 0 Å². The summed E-state index contributed by atoms with van der Waals surface area (Å²) in [6.45, 7) is 4.26. The number of benzene rings is 1. The van der Waals surface area contributed by atoms with Gasteiger partial charge in [-0.3, -0.25) is 4.99 Å². The number of allylic oxidation sites excluding steroid dienone is 2. The van der Waals surface area contributed by atoms with Gasteiger partial charge in [-0.05, 0) is 42.2 Å². The molecular weight excluding hydrogens is 251 g/mol. The summed E-state index contributed by atoms with van der Waals surface area (Å²) < 4.78 is 37.7. The summed E-state index contributed by atoms with van der Waals surface area (Å²) in [5.74, 6) is 0. The lowest BCUT2D eigenvalue weighted by Gasteiger charge is -2.08. The Balaban J connectivity index is 1.99. The van der Waals surface area contributed by atoms with Crippen LogP contribution in [0.2, 0.25) is 0 Å². The van der Waals surface area contributed by atoms with Crippen LogP contribution in [0.25, 0.3) is 0 Å². The van der Waals surface area contributed by atoms with Crippen molar-refractivity contribution in [2.24, 2.45) is 4.99 Å². The van der Waals surface area contributed by atoms with Gasteiger partial charge in [0.2, 0.25) is 0 Å². The quantitative estimate of drug-likeness (QED) is 0.773. The second kappa shape index (κ2) is 5.43. The van der Waals surface area contributed by atoms with E-state index >= 15 is 0 Å². The number of hydrogen-bond acceptors (Lipinski definition) is 1. The first-order valence-electron chi connectivity index (χ1n) is 6.01. The Bertz CT molecular complexity index is 539. The monoisotopic (exact) mass is 265 g/mol. The number of rotatable bonds is 4. The summed E-state index contributed by atoms with van der Waals surface area (Å²) in [5, 5.41) is 0. The van der Waals surface area contributed by atoms with Crippen LogP contribution in [0.5, 0.6) is 0 Å². The van der Waals surface area contributed by atoms with Crippen LogP contribution in [-0.2, 0) is 12.6 Å². The predicted octanol–water partition coefficient (Wildman–Crippen LogP) is 4.21. The van der Waals surface area contributed by atoms with Gasteiger partial charge in [0, 0.05) is 0 Å². The molecule has 0 aromatic heterocycles. The molecule has 19 heavy (non-hydrogen) atoms. The van der Waals surface area contributed by atoms with Gasteiger partial charge < -0.3 is 0 Å². The predicted molar refractivity (Wildman–Crippen MR) is 70.3 cm³/mol. The van der Waals surface area contributed by atoms with Crippen LogP contribution in [0.1, 0.15) is 17.5 Å². The SMILES string of the molecule is C=CC1=NCC(CCc2cccc(C(F)(F)F)c2)=C1. The zero-order valence-electron chi connectivity index (χ0n) is 10.4. The molecule has 0 aliphatic carbocycles. The first kappa shape index (κ1) is 13.6. The Morgan fingerprint density at radius 2 is 2.05 bits per heavy atom. The fourth-order valence-electron chi connectivity index (χ4n) is 1.98.